The van der Waals surface area contributed by atoms with Gasteiger partial charge in [-0.15, -0.1) is 0 Å². The first-order chi connectivity index (χ1) is 12.2. The Morgan fingerprint density at radius 1 is 1.24 bits per heavy atom. The van der Waals surface area contributed by atoms with Crippen molar-refractivity contribution in [3.05, 3.63) is 53.4 Å². The molecule has 2 atom stereocenters. The van der Waals surface area contributed by atoms with Gasteiger partial charge in [-0.3, -0.25) is 9.69 Å². The van der Waals surface area contributed by atoms with Crippen molar-refractivity contribution in [2.24, 2.45) is 5.92 Å². The van der Waals surface area contributed by atoms with Crippen LogP contribution in [0.15, 0.2) is 40.9 Å². The highest BCUT2D eigenvalue weighted by Gasteiger charge is 2.37. The second kappa shape index (κ2) is 6.98. The second-order valence-electron chi connectivity index (χ2n) is 6.91. The lowest BCUT2D eigenvalue weighted by molar-refractivity contribution is 0.0500. The first-order valence-corrected chi connectivity index (χ1v) is 8.79. The number of amides is 1. The van der Waals surface area contributed by atoms with Crippen LogP contribution in [0.1, 0.15) is 21.8 Å². The number of carbonyl (C=O) groups excluding carboxylic acids is 1. The number of carbonyl (C=O) groups is 1. The van der Waals surface area contributed by atoms with Crippen molar-refractivity contribution in [1.29, 1.82) is 0 Å². The average Bonchev–Trinajstić information content (AvgIpc) is 3.14. The van der Waals surface area contributed by atoms with Gasteiger partial charge in [0, 0.05) is 50.3 Å². The summed E-state index contributed by atoms with van der Waals surface area (Å²) in [6.07, 6.45) is 0.182. The van der Waals surface area contributed by atoms with Gasteiger partial charge in [-0.25, -0.2) is 0 Å². The van der Waals surface area contributed by atoms with Crippen molar-refractivity contribution in [1.82, 2.24) is 15.0 Å². The fourth-order valence-electron chi connectivity index (χ4n) is 3.78. The Kier molecular flexibility index (Phi) is 4.55. The summed E-state index contributed by atoms with van der Waals surface area (Å²) < 4.78 is 11.2. The summed E-state index contributed by atoms with van der Waals surface area (Å²) in [4.78, 5) is 17.0. The lowest BCUT2D eigenvalue weighted by Gasteiger charge is -2.23. The summed E-state index contributed by atoms with van der Waals surface area (Å²) in [6.45, 7) is 6.45. The first kappa shape index (κ1) is 16.3. The molecule has 2 aliphatic rings. The zero-order chi connectivity index (χ0) is 17.2. The van der Waals surface area contributed by atoms with Crippen molar-refractivity contribution in [3.8, 4) is 0 Å². The molecule has 0 N–H and O–H groups in total. The largest absolute Gasteiger partial charge is 0.375 e. The number of likely N-dealkylation sites (tertiary alicyclic amines) is 1. The molecule has 0 spiro atoms. The average molecular weight is 341 g/mol. The Hall–Kier alpha value is -2.18. The van der Waals surface area contributed by atoms with Gasteiger partial charge in [0.25, 0.3) is 5.91 Å². The number of aryl methyl sites for hydroxylation is 1. The van der Waals surface area contributed by atoms with E-state index in [2.05, 4.69) is 10.1 Å². The molecule has 1 aromatic heterocycles. The third-order valence-electron chi connectivity index (χ3n) is 4.97. The van der Waals surface area contributed by atoms with Crippen LogP contribution in [0.25, 0.3) is 0 Å². The molecule has 2 aliphatic heterocycles. The normalized spacial score (nSPS) is 24.1. The van der Waals surface area contributed by atoms with E-state index in [0.717, 1.165) is 43.2 Å². The maximum absolute atomic E-state index is 12.8. The van der Waals surface area contributed by atoms with E-state index in [1.807, 2.05) is 48.2 Å². The van der Waals surface area contributed by atoms with Gasteiger partial charge in [0.05, 0.1) is 18.4 Å². The summed E-state index contributed by atoms with van der Waals surface area (Å²) in [7, 11) is 0. The van der Waals surface area contributed by atoms with Gasteiger partial charge in [0.1, 0.15) is 5.76 Å². The SMILES string of the molecule is Cc1cc(CN2C[C@H]3CN(C(=O)c4ccccc4)CCO[C@H]3C2)no1. The van der Waals surface area contributed by atoms with Crippen LogP contribution in [0, 0.1) is 12.8 Å². The highest BCUT2D eigenvalue weighted by atomic mass is 16.5. The van der Waals surface area contributed by atoms with E-state index >= 15 is 0 Å². The van der Waals surface area contributed by atoms with Crippen LogP contribution >= 0.6 is 0 Å². The van der Waals surface area contributed by atoms with E-state index in [0.29, 0.717) is 19.1 Å². The smallest absolute Gasteiger partial charge is 0.253 e. The van der Waals surface area contributed by atoms with Gasteiger partial charge in [-0.05, 0) is 19.1 Å². The van der Waals surface area contributed by atoms with Gasteiger partial charge in [-0.2, -0.15) is 0 Å². The molecular weight excluding hydrogens is 318 g/mol. The lowest BCUT2D eigenvalue weighted by atomic mass is 10.1. The van der Waals surface area contributed by atoms with E-state index < -0.39 is 0 Å². The second-order valence-corrected chi connectivity index (χ2v) is 6.91. The van der Waals surface area contributed by atoms with Crippen LogP contribution in [0.5, 0.6) is 0 Å². The molecule has 1 aromatic carbocycles. The van der Waals surface area contributed by atoms with Gasteiger partial charge in [-0.1, -0.05) is 23.4 Å². The summed E-state index contributed by atoms with van der Waals surface area (Å²) in [5.41, 5.74) is 1.69. The molecule has 25 heavy (non-hydrogen) atoms. The number of nitrogens with zero attached hydrogens (tertiary/aromatic N) is 3. The van der Waals surface area contributed by atoms with E-state index in [4.69, 9.17) is 9.26 Å². The highest BCUT2D eigenvalue weighted by molar-refractivity contribution is 5.94. The molecular formula is C19H23N3O3. The van der Waals surface area contributed by atoms with E-state index in [1.54, 1.807) is 0 Å². The predicted octanol–water partition coefficient (Wildman–Crippen LogP) is 1.96. The molecule has 2 fully saturated rings. The third-order valence-corrected chi connectivity index (χ3v) is 4.97. The maximum atomic E-state index is 12.8. The number of rotatable bonds is 3. The minimum absolute atomic E-state index is 0.0930. The van der Waals surface area contributed by atoms with Crippen molar-refractivity contribution < 1.29 is 14.1 Å². The maximum Gasteiger partial charge on any atom is 0.253 e. The minimum atomic E-state index is 0.0930. The fourth-order valence-corrected chi connectivity index (χ4v) is 3.78. The van der Waals surface area contributed by atoms with Crippen molar-refractivity contribution >= 4 is 5.91 Å². The fraction of sp³-hybridized carbons (Fsp3) is 0.474. The lowest BCUT2D eigenvalue weighted by Crippen LogP contribution is -2.37. The van der Waals surface area contributed by atoms with Gasteiger partial charge >= 0.3 is 0 Å². The monoisotopic (exact) mass is 341 g/mol. The molecule has 1 amide bonds. The first-order valence-electron chi connectivity index (χ1n) is 8.79. The Morgan fingerprint density at radius 3 is 2.84 bits per heavy atom. The predicted molar refractivity (Wildman–Crippen MR) is 92.1 cm³/mol. The van der Waals surface area contributed by atoms with Crippen LogP contribution < -0.4 is 0 Å². The van der Waals surface area contributed by atoms with Crippen molar-refractivity contribution in [2.45, 2.75) is 19.6 Å². The zero-order valence-electron chi connectivity index (χ0n) is 14.4. The molecule has 2 saturated heterocycles. The molecule has 3 heterocycles. The molecule has 0 saturated carbocycles. The molecule has 4 rings (SSSR count). The molecule has 0 radical (unpaired) electrons. The number of benzene rings is 1. The van der Waals surface area contributed by atoms with Crippen LogP contribution in [-0.4, -0.2) is 59.8 Å². The molecule has 0 unspecified atom stereocenters. The zero-order valence-corrected chi connectivity index (χ0v) is 14.4. The standard InChI is InChI=1S/C19H23N3O3/c1-14-9-17(20-25-14)12-21-10-16-11-22(7-8-24-18(16)13-21)19(23)15-5-3-2-4-6-15/h2-6,9,16,18H,7-8,10-13H2,1H3/t16-,18-/m0/s1. The number of aromatic nitrogens is 1. The molecule has 6 heteroatoms. The number of hydrogen-bond donors (Lipinski definition) is 0. The molecule has 132 valence electrons. The number of ether oxygens (including phenoxy) is 1. The molecule has 2 aromatic rings. The topological polar surface area (TPSA) is 58.8 Å². The number of hydrogen-bond acceptors (Lipinski definition) is 5. The Bertz CT molecular complexity index is 731. The molecule has 0 bridgehead atoms. The Balaban J connectivity index is 1.41. The summed E-state index contributed by atoms with van der Waals surface area (Å²) in [5.74, 6) is 1.26. The highest BCUT2D eigenvalue weighted by Crippen LogP contribution is 2.25. The summed E-state index contributed by atoms with van der Waals surface area (Å²) >= 11 is 0. The van der Waals surface area contributed by atoms with Crippen LogP contribution in [0.3, 0.4) is 0 Å². The van der Waals surface area contributed by atoms with E-state index in [1.165, 1.54) is 0 Å². The Labute approximate surface area is 147 Å². The summed E-state index contributed by atoms with van der Waals surface area (Å²) in [5, 5.41) is 4.08. The van der Waals surface area contributed by atoms with Gasteiger partial charge in [0.2, 0.25) is 0 Å². The quantitative estimate of drug-likeness (QED) is 0.854. The van der Waals surface area contributed by atoms with Gasteiger partial charge in [0.15, 0.2) is 0 Å². The Morgan fingerprint density at radius 2 is 2.08 bits per heavy atom. The van der Waals surface area contributed by atoms with Crippen molar-refractivity contribution in [2.75, 3.05) is 32.8 Å². The van der Waals surface area contributed by atoms with Gasteiger partial charge < -0.3 is 14.2 Å². The van der Waals surface area contributed by atoms with Crippen molar-refractivity contribution in [3.63, 3.8) is 0 Å². The molecule has 0 aliphatic carbocycles. The van der Waals surface area contributed by atoms with E-state index in [-0.39, 0.29) is 12.0 Å². The third kappa shape index (κ3) is 3.60. The minimum Gasteiger partial charge on any atom is -0.375 e. The van der Waals surface area contributed by atoms with Crippen LogP contribution in [0.4, 0.5) is 0 Å². The number of fused-ring (bicyclic) bond motifs is 1. The van der Waals surface area contributed by atoms with Crippen LogP contribution in [0.2, 0.25) is 0 Å². The van der Waals surface area contributed by atoms with Crippen LogP contribution in [-0.2, 0) is 11.3 Å². The summed E-state index contributed by atoms with van der Waals surface area (Å²) in [6, 6.07) is 11.5. The molecule has 6 nitrogen and oxygen atoms in total. The van der Waals surface area contributed by atoms with E-state index in [9.17, 15) is 4.79 Å².